The summed E-state index contributed by atoms with van der Waals surface area (Å²) < 4.78 is 6.15. The van der Waals surface area contributed by atoms with Gasteiger partial charge in [0.2, 0.25) is 0 Å². The molecule has 1 aromatic rings. The number of hydrogen-bond acceptors (Lipinski definition) is 2. The molecule has 1 aromatic carbocycles. The Labute approximate surface area is 124 Å². The highest BCUT2D eigenvalue weighted by atomic mass is 16.5. The van der Waals surface area contributed by atoms with E-state index in [4.69, 9.17) is 4.74 Å². The van der Waals surface area contributed by atoms with Gasteiger partial charge in [-0.15, -0.1) is 0 Å². The summed E-state index contributed by atoms with van der Waals surface area (Å²) in [6.45, 7) is 10.8. The molecule has 0 bridgehead atoms. The Bertz CT molecular complexity index is 337. The van der Waals surface area contributed by atoms with Gasteiger partial charge >= 0.3 is 0 Å². The molecule has 0 aliphatic rings. The predicted octanol–water partition coefficient (Wildman–Crippen LogP) is 4.57. The third-order valence-electron chi connectivity index (χ3n) is 3.57. The first kappa shape index (κ1) is 17.2. The minimum atomic E-state index is 0.252. The van der Waals surface area contributed by atoms with Crippen LogP contribution in [0.15, 0.2) is 30.3 Å². The van der Waals surface area contributed by atoms with Crippen molar-refractivity contribution >= 4 is 0 Å². The highest BCUT2D eigenvalue weighted by molar-refractivity contribution is 5.20. The fraction of sp³-hybridized carbons (Fsp3) is 0.667. The quantitative estimate of drug-likeness (QED) is 0.676. The lowest BCUT2D eigenvalue weighted by Crippen LogP contribution is -2.34. The molecule has 1 N–H and O–H groups in total. The van der Waals surface area contributed by atoms with Gasteiger partial charge in [-0.3, -0.25) is 0 Å². The zero-order valence-electron chi connectivity index (χ0n) is 13.6. The van der Waals surface area contributed by atoms with Gasteiger partial charge in [-0.25, -0.2) is 0 Å². The summed E-state index contributed by atoms with van der Waals surface area (Å²) in [6, 6.07) is 11.0. The molecular formula is C18H31NO. The predicted molar refractivity (Wildman–Crippen MR) is 87.0 cm³/mol. The lowest BCUT2D eigenvalue weighted by Gasteiger charge is -2.28. The molecule has 0 aromatic heterocycles. The van der Waals surface area contributed by atoms with Crippen LogP contribution in [0.5, 0.6) is 0 Å². The molecule has 20 heavy (non-hydrogen) atoms. The third kappa shape index (κ3) is 6.06. The fourth-order valence-electron chi connectivity index (χ4n) is 2.33. The van der Waals surface area contributed by atoms with Crippen LogP contribution in [0.4, 0.5) is 0 Å². The maximum Gasteiger partial charge on any atom is 0.0767 e. The number of nitrogens with one attached hydrogen (secondary N) is 1. The summed E-state index contributed by atoms with van der Waals surface area (Å²) in [4.78, 5) is 0. The van der Waals surface area contributed by atoms with Gasteiger partial charge in [0, 0.05) is 6.61 Å². The first-order valence-corrected chi connectivity index (χ1v) is 8.08. The molecule has 2 heteroatoms. The molecule has 0 fully saturated rings. The summed E-state index contributed by atoms with van der Waals surface area (Å²) in [6.07, 6.45) is 3.56. The van der Waals surface area contributed by atoms with Crippen LogP contribution in [0.1, 0.15) is 58.6 Å². The molecule has 0 heterocycles. The monoisotopic (exact) mass is 277 g/mol. The Balaban J connectivity index is 2.68. The van der Waals surface area contributed by atoms with E-state index in [-0.39, 0.29) is 6.10 Å². The number of hydrogen-bond donors (Lipinski definition) is 1. The molecule has 2 unspecified atom stereocenters. The van der Waals surface area contributed by atoms with E-state index in [1.54, 1.807) is 0 Å². The largest absolute Gasteiger partial charge is 0.376 e. The normalized spacial score (nSPS) is 14.4. The highest BCUT2D eigenvalue weighted by Gasteiger charge is 2.21. The zero-order valence-corrected chi connectivity index (χ0v) is 13.6. The van der Waals surface area contributed by atoms with Crippen LogP contribution in [0, 0.1) is 5.92 Å². The van der Waals surface area contributed by atoms with E-state index in [2.05, 4.69) is 63.3 Å². The average Bonchev–Trinajstić information content (AvgIpc) is 2.46. The van der Waals surface area contributed by atoms with Crippen molar-refractivity contribution in [2.75, 3.05) is 13.2 Å². The maximum atomic E-state index is 6.15. The van der Waals surface area contributed by atoms with Crippen molar-refractivity contribution in [2.45, 2.75) is 59.1 Å². The molecule has 0 amide bonds. The topological polar surface area (TPSA) is 21.3 Å². The first-order valence-electron chi connectivity index (χ1n) is 8.08. The van der Waals surface area contributed by atoms with Crippen molar-refractivity contribution in [1.82, 2.24) is 5.32 Å². The molecule has 2 atom stereocenters. The Morgan fingerprint density at radius 1 is 1.10 bits per heavy atom. The molecule has 114 valence electrons. The summed E-state index contributed by atoms with van der Waals surface area (Å²) in [5.41, 5.74) is 1.33. The average molecular weight is 277 g/mol. The van der Waals surface area contributed by atoms with E-state index in [0.29, 0.717) is 12.0 Å². The Hall–Kier alpha value is -0.860. The van der Waals surface area contributed by atoms with Gasteiger partial charge in [-0.2, -0.15) is 0 Å². The van der Waals surface area contributed by atoms with Crippen LogP contribution in [0.25, 0.3) is 0 Å². The highest BCUT2D eigenvalue weighted by Crippen LogP contribution is 2.22. The molecular weight excluding hydrogens is 246 g/mol. The van der Waals surface area contributed by atoms with Crippen LogP contribution in [0.2, 0.25) is 0 Å². The lowest BCUT2D eigenvalue weighted by atomic mass is 9.99. The molecule has 0 aliphatic carbocycles. The minimum absolute atomic E-state index is 0.252. The number of benzene rings is 1. The molecule has 0 saturated carbocycles. The fourth-order valence-corrected chi connectivity index (χ4v) is 2.33. The Morgan fingerprint density at radius 3 is 2.35 bits per heavy atom. The smallest absolute Gasteiger partial charge is 0.0767 e. The van der Waals surface area contributed by atoms with Crippen molar-refractivity contribution in [3.8, 4) is 0 Å². The summed E-state index contributed by atoms with van der Waals surface area (Å²) in [5, 5.41) is 3.65. The SMILES string of the molecule is CCCNC(c1ccccc1)C(CC)OCCC(C)C. The molecule has 0 aliphatic heterocycles. The van der Waals surface area contributed by atoms with Crippen molar-refractivity contribution in [3.05, 3.63) is 35.9 Å². The second kappa shape index (κ2) is 9.95. The number of rotatable bonds is 10. The van der Waals surface area contributed by atoms with Crippen LogP contribution in [0.3, 0.4) is 0 Å². The molecule has 0 spiro atoms. The van der Waals surface area contributed by atoms with Gasteiger partial charge in [0.25, 0.3) is 0 Å². The molecule has 0 saturated heterocycles. The minimum Gasteiger partial charge on any atom is -0.376 e. The first-order chi connectivity index (χ1) is 9.69. The van der Waals surface area contributed by atoms with Gasteiger partial charge in [-0.1, -0.05) is 58.0 Å². The van der Waals surface area contributed by atoms with Gasteiger partial charge in [-0.05, 0) is 37.3 Å². The van der Waals surface area contributed by atoms with Crippen molar-refractivity contribution in [2.24, 2.45) is 5.92 Å². The number of ether oxygens (including phenoxy) is 1. The van der Waals surface area contributed by atoms with Crippen LogP contribution >= 0.6 is 0 Å². The van der Waals surface area contributed by atoms with Crippen LogP contribution < -0.4 is 5.32 Å². The summed E-state index contributed by atoms with van der Waals surface area (Å²) in [5.74, 6) is 0.700. The Kier molecular flexibility index (Phi) is 8.56. The molecule has 1 rings (SSSR count). The second-order valence-corrected chi connectivity index (χ2v) is 5.84. The molecule has 2 nitrogen and oxygen atoms in total. The second-order valence-electron chi connectivity index (χ2n) is 5.84. The maximum absolute atomic E-state index is 6.15. The Morgan fingerprint density at radius 2 is 1.80 bits per heavy atom. The van der Waals surface area contributed by atoms with E-state index in [1.807, 2.05) is 0 Å². The molecule has 0 radical (unpaired) electrons. The van der Waals surface area contributed by atoms with E-state index < -0.39 is 0 Å². The van der Waals surface area contributed by atoms with E-state index >= 15 is 0 Å². The van der Waals surface area contributed by atoms with Crippen molar-refractivity contribution < 1.29 is 4.74 Å². The van der Waals surface area contributed by atoms with E-state index in [0.717, 1.165) is 32.4 Å². The van der Waals surface area contributed by atoms with Crippen LogP contribution in [-0.4, -0.2) is 19.3 Å². The summed E-state index contributed by atoms with van der Waals surface area (Å²) in [7, 11) is 0. The standard InChI is InChI=1S/C18H31NO/c1-5-13-19-18(16-10-8-7-9-11-16)17(6-2)20-14-12-15(3)4/h7-11,15,17-19H,5-6,12-14H2,1-4H3. The van der Waals surface area contributed by atoms with E-state index in [9.17, 15) is 0 Å². The zero-order chi connectivity index (χ0) is 14.8. The van der Waals surface area contributed by atoms with Crippen molar-refractivity contribution in [1.29, 1.82) is 0 Å². The van der Waals surface area contributed by atoms with Gasteiger partial charge in [0.15, 0.2) is 0 Å². The van der Waals surface area contributed by atoms with Gasteiger partial charge < -0.3 is 10.1 Å². The third-order valence-corrected chi connectivity index (χ3v) is 3.57. The van der Waals surface area contributed by atoms with Gasteiger partial charge in [0.05, 0.1) is 12.1 Å². The summed E-state index contributed by atoms with van der Waals surface area (Å²) >= 11 is 0. The van der Waals surface area contributed by atoms with Crippen molar-refractivity contribution in [3.63, 3.8) is 0 Å². The van der Waals surface area contributed by atoms with E-state index in [1.165, 1.54) is 5.56 Å². The van der Waals surface area contributed by atoms with Gasteiger partial charge in [0.1, 0.15) is 0 Å². The van der Waals surface area contributed by atoms with Crippen LogP contribution in [-0.2, 0) is 4.74 Å². The lowest BCUT2D eigenvalue weighted by molar-refractivity contribution is 0.0179.